The van der Waals surface area contributed by atoms with E-state index in [1.165, 1.54) is 0 Å². The number of hydrogen-bond acceptors (Lipinski definition) is 10. The summed E-state index contributed by atoms with van der Waals surface area (Å²) >= 11 is 0. The Balaban J connectivity index is 1.70. The third-order valence-corrected chi connectivity index (χ3v) is 7.62. The smallest absolute Gasteiger partial charge is 0.147 e. The molecule has 4 atom stereocenters. The highest BCUT2D eigenvalue weighted by molar-refractivity contribution is 5.42. The van der Waals surface area contributed by atoms with E-state index in [0.717, 1.165) is 22.5 Å². The van der Waals surface area contributed by atoms with Crippen molar-refractivity contribution in [2.75, 3.05) is 65.1 Å². The average Bonchev–Trinajstić information content (AvgIpc) is 3.14. The van der Waals surface area contributed by atoms with Crippen LogP contribution >= 0.6 is 0 Å². The van der Waals surface area contributed by atoms with E-state index in [1.807, 2.05) is 97.1 Å². The third kappa shape index (κ3) is 13.7. The van der Waals surface area contributed by atoms with Crippen molar-refractivity contribution < 1.29 is 28.4 Å². The minimum absolute atomic E-state index is 0.0426. The molecule has 0 spiro atoms. The zero-order valence-electron chi connectivity index (χ0n) is 28.0. The summed E-state index contributed by atoms with van der Waals surface area (Å²) in [6.45, 7) is 1.80. The van der Waals surface area contributed by atoms with Gasteiger partial charge >= 0.3 is 0 Å². The molecule has 10 heteroatoms. The Morgan fingerprint density at radius 2 is 0.812 bits per heavy atom. The Labute approximate surface area is 285 Å². The van der Waals surface area contributed by atoms with Crippen molar-refractivity contribution in [1.82, 2.24) is 10.9 Å². The molecule has 0 aliphatic carbocycles. The van der Waals surface area contributed by atoms with Crippen LogP contribution in [-0.2, 0) is 41.3 Å². The van der Waals surface area contributed by atoms with Gasteiger partial charge in [-0.3, -0.25) is 0 Å². The Morgan fingerprint density at radius 1 is 0.458 bits per heavy atom. The van der Waals surface area contributed by atoms with Gasteiger partial charge in [-0.15, -0.1) is 0 Å². The first-order valence-corrected chi connectivity index (χ1v) is 16.3. The molecule has 4 aromatic rings. The molecule has 0 aliphatic heterocycles. The molecule has 0 fully saturated rings. The van der Waals surface area contributed by atoms with Crippen LogP contribution in [0.15, 0.2) is 121 Å². The minimum Gasteiger partial charge on any atom is -0.382 e. The fraction of sp³-hybridized carbons (Fsp3) is 0.368. The van der Waals surface area contributed by atoms with Gasteiger partial charge in [0.1, 0.15) is 25.8 Å². The summed E-state index contributed by atoms with van der Waals surface area (Å²) in [7, 11) is 3.30. The molecule has 0 heterocycles. The van der Waals surface area contributed by atoms with Crippen molar-refractivity contribution in [3.63, 3.8) is 0 Å². The van der Waals surface area contributed by atoms with Crippen LogP contribution in [0.5, 0.6) is 0 Å². The first-order valence-electron chi connectivity index (χ1n) is 16.3. The number of hydrazine groups is 2. The monoisotopic (exact) mass is 658 g/mol. The largest absolute Gasteiger partial charge is 0.382 e. The van der Waals surface area contributed by atoms with Crippen LogP contribution in [0, 0.1) is 0 Å². The number of benzene rings is 4. The number of rotatable bonds is 25. The van der Waals surface area contributed by atoms with Crippen LogP contribution in [0.1, 0.15) is 11.1 Å². The maximum absolute atomic E-state index is 6.67. The van der Waals surface area contributed by atoms with Crippen LogP contribution in [-0.4, -0.2) is 78.5 Å². The van der Waals surface area contributed by atoms with Crippen LogP contribution in [0.2, 0.25) is 0 Å². The van der Waals surface area contributed by atoms with Crippen LogP contribution < -0.4 is 21.7 Å². The molecule has 0 saturated heterocycles. The quantitative estimate of drug-likeness (QED) is 0.0418. The zero-order valence-corrected chi connectivity index (χ0v) is 28.0. The third-order valence-electron chi connectivity index (χ3n) is 7.62. The summed E-state index contributed by atoms with van der Waals surface area (Å²) in [5.74, 6) is 0. The van der Waals surface area contributed by atoms with Gasteiger partial charge < -0.3 is 39.3 Å². The van der Waals surface area contributed by atoms with Crippen LogP contribution in [0.4, 0.5) is 11.4 Å². The molecule has 258 valence electrons. The van der Waals surface area contributed by atoms with Crippen molar-refractivity contribution in [3.8, 4) is 0 Å². The van der Waals surface area contributed by atoms with Crippen molar-refractivity contribution >= 4 is 11.4 Å². The van der Waals surface area contributed by atoms with E-state index in [2.05, 4.69) is 46.0 Å². The van der Waals surface area contributed by atoms with Crippen LogP contribution in [0.3, 0.4) is 0 Å². The molecular weight excluding hydrogens is 608 g/mol. The van der Waals surface area contributed by atoms with E-state index < -0.39 is 12.2 Å². The second-order valence-electron chi connectivity index (χ2n) is 11.2. The second-order valence-corrected chi connectivity index (χ2v) is 11.2. The molecule has 0 bridgehead atoms. The molecule has 0 aromatic heterocycles. The summed E-state index contributed by atoms with van der Waals surface area (Å²) < 4.78 is 35.5. The first-order chi connectivity index (χ1) is 23.8. The standard InChI is InChI=1S/C38H50N4O6/c1-43-23-25-45-29-47-37(35(27-31-15-7-3-8-16-31)41-39-33-19-11-5-12-20-33)38(48-30-46-26-24-44-2)36(28-32-17-9-4-10-18-32)42-40-34-21-13-6-14-22-34/h3-22,35-42H,23-30H2,1-2H3. The molecule has 0 saturated carbocycles. The van der Waals surface area contributed by atoms with E-state index in [4.69, 9.17) is 28.4 Å². The van der Waals surface area contributed by atoms with E-state index >= 15 is 0 Å². The number of para-hydroxylation sites is 2. The summed E-state index contributed by atoms with van der Waals surface area (Å²) in [5, 5.41) is 0. The summed E-state index contributed by atoms with van der Waals surface area (Å²) in [5.41, 5.74) is 18.1. The van der Waals surface area contributed by atoms with E-state index in [-0.39, 0.29) is 25.7 Å². The first kappa shape index (κ1) is 37.0. The second kappa shape index (κ2) is 22.7. The average molecular weight is 659 g/mol. The molecule has 4 rings (SSSR count). The lowest BCUT2D eigenvalue weighted by Gasteiger charge is -2.38. The molecule has 4 aromatic carbocycles. The topological polar surface area (TPSA) is 104 Å². The van der Waals surface area contributed by atoms with E-state index in [1.54, 1.807) is 14.2 Å². The molecule has 4 N–H and O–H groups in total. The summed E-state index contributed by atoms with van der Waals surface area (Å²) in [6, 6.07) is 40.1. The lowest BCUT2D eigenvalue weighted by atomic mass is 9.91. The highest BCUT2D eigenvalue weighted by atomic mass is 16.7. The Hall–Kier alpha value is -3.84. The molecule has 0 amide bonds. The van der Waals surface area contributed by atoms with Gasteiger partial charge in [0.15, 0.2) is 0 Å². The lowest BCUT2D eigenvalue weighted by molar-refractivity contribution is -0.185. The van der Waals surface area contributed by atoms with Crippen molar-refractivity contribution in [1.29, 1.82) is 0 Å². The fourth-order valence-electron chi connectivity index (χ4n) is 5.17. The minimum atomic E-state index is -0.534. The normalized spacial score (nSPS) is 13.8. The molecular formula is C38H50N4O6. The van der Waals surface area contributed by atoms with Gasteiger partial charge in [0, 0.05) is 25.6 Å². The molecule has 10 nitrogen and oxygen atoms in total. The van der Waals surface area contributed by atoms with Gasteiger partial charge in [-0.2, -0.15) is 0 Å². The maximum Gasteiger partial charge on any atom is 0.147 e. The zero-order chi connectivity index (χ0) is 33.5. The Bertz CT molecular complexity index is 1240. The number of nitrogens with one attached hydrogen (secondary N) is 4. The Kier molecular flexibility index (Phi) is 17.5. The predicted octanol–water partition coefficient (Wildman–Crippen LogP) is 5.45. The van der Waals surface area contributed by atoms with Gasteiger partial charge in [0.25, 0.3) is 0 Å². The van der Waals surface area contributed by atoms with Crippen LogP contribution in [0.25, 0.3) is 0 Å². The van der Waals surface area contributed by atoms with Gasteiger partial charge in [-0.1, -0.05) is 97.1 Å². The van der Waals surface area contributed by atoms with Gasteiger partial charge in [-0.25, -0.2) is 10.9 Å². The van der Waals surface area contributed by atoms with Gasteiger partial charge in [0.05, 0.1) is 38.5 Å². The van der Waals surface area contributed by atoms with Crippen molar-refractivity contribution in [3.05, 3.63) is 132 Å². The number of anilines is 2. The van der Waals surface area contributed by atoms with Gasteiger partial charge in [-0.05, 0) is 48.2 Å². The maximum atomic E-state index is 6.67. The highest BCUT2D eigenvalue weighted by Gasteiger charge is 2.38. The molecule has 0 aliphatic rings. The molecule has 4 unspecified atom stereocenters. The highest BCUT2D eigenvalue weighted by Crippen LogP contribution is 2.21. The number of methoxy groups -OCH3 is 2. The van der Waals surface area contributed by atoms with E-state index in [0.29, 0.717) is 39.3 Å². The Morgan fingerprint density at radius 3 is 1.17 bits per heavy atom. The SMILES string of the molecule is COCCOCOC(C(Cc1ccccc1)NNc1ccccc1)C(OCOCCOC)C(Cc1ccccc1)NNc1ccccc1. The van der Waals surface area contributed by atoms with Crippen molar-refractivity contribution in [2.24, 2.45) is 0 Å². The number of hydrogen-bond donors (Lipinski definition) is 4. The lowest BCUT2D eigenvalue weighted by Crippen LogP contribution is -2.59. The van der Waals surface area contributed by atoms with Gasteiger partial charge in [0.2, 0.25) is 0 Å². The fourth-order valence-corrected chi connectivity index (χ4v) is 5.17. The summed E-state index contributed by atoms with van der Waals surface area (Å²) in [4.78, 5) is 0. The van der Waals surface area contributed by atoms with Crippen molar-refractivity contribution in [2.45, 2.75) is 37.1 Å². The molecule has 0 radical (unpaired) electrons. The molecule has 48 heavy (non-hydrogen) atoms. The van der Waals surface area contributed by atoms with E-state index in [9.17, 15) is 0 Å². The number of ether oxygens (including phenoxy) is 6. The predicted molar refractivity (Wildman–Crippen MR) is 189 cm³/mol. The summed E-state index contributed by atoms with van der Waals surface area (Å²) in [6.07, 6.45) is 0.207.